The highest BCUT2D eigenvalue weighted by molar-refractivity contribution is 7.09. The Morgan fingerprint density at radius 1 is 1.25 bits per heavy atom. The first-order chi connectivity index (χ1) is 7.83. The SMILES string of the molecule is Nc1cccc2[nH]c(Cc3cccs3)nc12. The third-order valence-electron chi connectivity index (χ3n) is 2.51. The van der Waals surface area contributed by atoms with Gasteiger partial charge in [-0.3, -0.25) is 0 Å². The number of H-pyrrole nitrogens is 1. The minimum Gasteiger partial charge on any atom is -0.397 e. The van der Waals surface area contributed by atoms with E-state index in [9.17, 15) is 0 Å². The number of aromatic nitrogens is 2. The van der Waals surface area contributed by atoms with Gasteiger partial charge in [0.15, 0.2) is 0 Å². The van der Waals surface area contributed by atoms with E-state index in [1.807, 2.05) is 18.2 Å². The second-order valence-corrected chi connectivity index (χ2v) is 4.72. The van der Waals surface area contributed by atoms with Crippen LogP contribution in [0.25, 0.3) is 11.0 Å². The van der Waals surface area contributed by atoms with Crippen molar-refractivity contribution in [3.05, 3.63) is 46.4 Å². The summed E-state index contributed by atoms with van der Waals surface area (Å²) in [6.45, 7) is 0. The standard InChI is InChI=1S/C12H11N3S/c13-9-4-1-5-10-12(9)15-11(14-10)7-8-3-2-6-16-8/h1-6H,7,13H2,(H,14,15). The molecule has 16 heavy (non-hydrogen) atoms. The molecule has 1 aromatic carbocycles. The average Bonchev–Trinajstić information content (AvgIpc) is 2.88. The Morgan fingerprint density at radius 2 is 2.19 bits per heavy atom. The van der Waals surface area contributed by atoms with Gasteiger partial charge in [-0.15, -0.1) is 11.3 Å². The molecule has 0 saturated carbocycles. The predicted molar refractivity (Wildman–Crippen MR) is 67.6 cm³/mol. The number of nitrogens with one attached hydrogen (secondary N) is 1. The van der Waals surface area contributed by atoms with Gasteiger partial charge < -0.3 is 10.7 Å². The van der Waals surface area contributed by atoms with Crippen LogP contribution in [0.15, 0.2) is 35.7 Å². The zero-order valence-electron chi connectivity index (χ0n) is 8.60. The van der Waals surface area contributed by atoms with E-state index < -0.39 is 0 Å². The van der Waals surface area contributed by atoms with E-state index in [0.29, 0.717) is 0 Å². The van der Waals surface area contributed by atoms with Crippen molar-refractivity contribution in [2.24, 2.45) is 0 Å². The Hall–Kier alpha value is -1.81. The summed E-state index contributed by atoms with van der Waals surface area (Å²) in [4.78, 5) is 9.11. The quantitative estimate of drug-likeness (QED) is 0.664. The summed E-state index contributed by atoms with van der Waals surface area (Å²) < 4.78 is 0. The van der Waals surface area contributed by atoms with Gasteiger partial charge in [0, 0.05) is 11.3 Å². The van der Waals surface area contributed by atoms with E-state index in [1.165, 1.54) is 4.88 Å². The summed E-state index contributed by atoms with van der Waals surface area (Å²) in [5, 5.41) is 2.08. The summed E-state index contributed by atoms with van der Waals surface area (Å²) >= 11 is 1.74. The molecule has 2 aromatic heterocycles. The van der Waals surface area contributed by atoms with Gasteiger partial charge in [0.25, 0.3) is 0 Å². The number of hydrogen-bond acceptors (Lipinski definition) is 3. The maximum Gasteiger partial charge on any atom is 0.112 e. The van der Waals surface area contributed by atoms with Crippen molar-refractivity contribution < 1.29 is 0 Å². The van der Waals surface area contributed by atoms with Crippen LogP contribution < -0.4 is 5.73 Å². The van der Waals surface area contributed by atoms with Crippen molar-refractivity contribution >= 4 is 28.1 Å². The predicted octanol–water partition coefficient (Wildman–Crippen LogP) is 2.80. The highest BCUT2D eigenvalue weighted by atomic mass is 32.1. The van der Waals surface area contributed by atoms with E-state index in [4.69, 9.17) is 5.73 Å². The second kappa shape index (κ2) is 3.64. The number of anilines is 1. The van der Waals surface area contributed by atoms with Crippen molar-refractivity contribution in [3.63, 3.8) is 0 Å². The van der Waals surface area contributed by atoms with Crippen LogP contribution in [-0.4, -0.2) is 9.97 Å². The average molecular weight is 229 g/mol. The molecular formula is C12H11N3S. The molecule has 4 heteroatoms. The minimum absolute atomic E-state index is 0.728. The molecule has 3 aromatic rings. The maximum absolute atomic E-state index is 5.86. The normalized spacial score (nSPS) is 11.0. The lowest BCUT2D eigenvalue weighted by atomic mass is 10.3. The molecule has 0 amide bonds. The van der Waals surface area contributed by atoms with E-state index in [2.05, 4.69) is 27.5 Å². The number of para-hydroxylation sites is 1. The van der Waals surface area contributed by atoms with Crippen molar-refractivity contribution in [2.45, 2.75) is 6.42 Å². The first-order valence-electron chi connectivity index (χ1n) is 5.08. The molecule has 0 aliphatic carbocycles. The largest absolute Gasteiger partial charge is 0.397 e. The Labute approximate surface area is 96.9 Å². The maximum atomic E-state index is 5.86. The number of hydrogen-bond donors (Lipinski definition) is 2. The molecular weight excluding hydrogens is 218 g/mol. The van der Waals surface area contributed by atoms with Gasteiger partial charge in [-0.1, -0.05) is 12.1 Å². The third-order valence-corrected chi connectivity index (χ3v) is 3.39. The number of nitrogen functional groups attached to an aromatic ring is 1. The number of fused-ring (bicyclic) bond motifs is 1. The van der Waals surface area contributed by atoms with Crippen LogP contribution in [0.1, 0.15) is 10.7 Å². The smallest absolute Gasteiger partial charge is 0.112 e. The molecule has 3 nitrogen and oxygen atoms in total. The fraction of sp³-hybridized carbons (Fsp3) is 0.0833. The van der Waals surface area contributed by atoms with Crippen LogP contribution in [0.4, 0.5) is 5.69 Å². The Balaban J connectivity index is 2.02. The van der Waals surface area contributed by atoms with Gasteiger partial charge in [-0.25, -0.2) is 4.98 Å². The summed E-state index contributed by atoms with van der Waals surface area (Å²) in [6, 6.07) is 9.97. The van der Waals surface area contributed by atoms with Crippen molar-refractivity contribution in [1.82, 2.24) is 9.97 Å². The lowest BCUT2D eigenvalue weighted by molar-refractivity contribution is 1.06. The Morgan fingerprint density at radius 3 is 2.94 bits per heavy atom. The fourth-order valence-corrected chi connectivity index (χ4v) is 2.48. The van der Waals surface area contributed by atoms with Crippen molar-refractivity contribution in [2.75, 3.05) is 5.73 Å². The molecule has 2 heterocycles. The third kappa shape index (κ3) is 1.57. The first kappa shape index (κ1) is 9.42. The van der Waals surface area contributed by atoms with Crippen LogP contribution in [0.5, 0.6) is 0 Å². The summed E-state index contributed by atoms with van der Waals surface area (Å²) in [5.41, 5.74) is 8.47. The molecule has 0 fully saturated rings. The summed E-state index contributed by atoms with van der Waals surface area (Å²) in [6.07, 6.45) is 0.839. The lowest BCUT2D eigenvalue weighted by Gasteiger charge is -1.91. The van der Waals surface area contributed by atoms with Crippen LogP contribution >= 0.6 is 11.3 Å². The monoisotopic (exact) mass is 229 g/mol. The van der Waals surface area contributed by atoms with Crippen LogP contribution in [0.2, 0.25) is 0 Å². The van der Waals surface area contributed by atoms with E-state index in [0.717, 1.165) is 29.0 Å². The second-order valence-electron chi connectivity index (χ2n) is 3.68. The zero-order valence-corrected chi connectivity index (χ0v) is 9.42. The molecule has 0 aliphatic rings. The van der Waals surface area contributed by atoms with E-state index in [1.54, 1.807) is 11.3 Å². The summed E-state index contributed by atoms with van der Waals surface area (Å²) in [7, 11) is 0. The number of imidazole rings is 1. The van der Waals surface area contributed by atoms with Crippen LogP contribution in [0.3, 0.4) is 0 Å². The van der Waals surface area contributed by atoms with Crippen molar-refractivity contribution in [1.29, 1.82) is 0 Å². The molecule has 3 N–H and O–H groups in total. The molecule has 0 aliphatic heterocycles. The highest BCUT2D eigenvalue weighted by Crippen LogP contribution is 2.20. The Bertz CT molecular complexity index is 610. The van der Waals surface area contributed by atoms with Gasteiger partial charge >= 0.3 is 0 Å². The Kier molecular flexibility index (Phi) is 2.15. The van der Waals surface area contributed by atoms with Crippen LogP contribution in [0, 0.1) is 0 Å². The van der Waals surface area contributed by atoms with Gasteiger partial charge in [-0.2, -0.15) is 0 Å². The van der Waals surface area contributed by atoms with Gasteiger partial charge in [0.05, 0.1) is 11.2 Å². The van der Waals surface area contributed by atoms with Gasteiger partial charge in [-0.05, 0) is 23.6 Å². The van der Waals surface area contributed by atoms with E-state index >= 15 is 0 Å². The number of benzene rings is 1. The minimum atomic E-state index is 0.728. The molecule has 0 unspecified atom stereocenters. The molecule has 3 rings (SSSR count). The van der Waals surface area contributed by atoms with Gasteiger partial charge in [0.2, 0.25) is 0 Å². The molecule has 0 spiro atoms. The molecule has 0 saturated heterocycles. The highest BCUT2D eigenvalue weighted by Gasteiger charge is 2.06. The number of nitrogens with zero attached hydrogens (tertiary/aromatic N) is 1. The summed E-state index contributed by atoms with van der Waals surface area (Å²) in [5.74, 6) is 0.968. The van der Waals surface area contributed by atoms with Crippen LogP contribution in [-0.2, 0) is 6.42 Å². The van der Waals surface area contributed by atoms with Crippen molar-refractivity contribution in [3.8, 4) is 0 Å². The fourth-order valence-electron chi connectivity index (χ4n) is 1.77. The number of aromatic amines is 1. The molecule has 0 radical (unpaired) electrons. The first-order valence-corrected chi connectivity index (χ1v) is 5.96. The topological polar surface area (TPSA) is 54.7 Å². The zero-order chi connectivity index (χ0) is 11.0. The molecule has 0 bridgehead atoms. The van der Waals surface area contributed by atoms with E-state index in [-0.39, 0.29) is 0 Å². The number of nitrogens with two attached hydrogens (primary N) is 1. The lowest BCUT2D eigenvalue weighted by Crippen LogP contribution is -1.87. The molecule has 0 atom stereocenters. The van der Waals surface area contributed by atoms with Gasteiger partial charge in [0.1, 0.15) is 11.3 Å². The number of rotatable bonds is 2. The molecule has 80 valence electrons. The number of thiophene rings is 1.